The molecule has 11 heteroatoms. The summed E-state index contributed by atoms with van der Waals surface area (Å²) in [5.41, 5.74) is 0.154. The number of hydrogen-bond acceptors (Lipinski definition) is 6. The zero-order valence-corrected chi connectivity index (χ0v) is 19.6. The fourth-order valence-electron chi connectivity index (χ4n) is 4.00. The summed E-state index contributed by atoms with van der Waals surface area (Å²) in [5, 5.41) is 4.52. The SMILES string of the molecule is CN(C)S(=O)(=O)c1ccc2c(c1)CCCN2C(=O)CN1C(=O)NC(C)(c2cccs2)C1=O. The summed E-state index contributed by atoms with van der Waals surface area (Å²) in [6, 6.07) is 7.64. The molecule has 1 N–H and O–H groups in total. The summed E-state index contributed by atoms with van der Waals surface area (Å²) in [6.45, 7) is 1.67. The standard InChI is InChI=1S/C21H24N4O5S2/c1-21(17-7-5-11-31-17)19(27)25(20(28)22-21)13-18(26)24-10-4-6-14-12-15(8-9-16(14)24)32(29,30)23(2)3/h5,7-9,11-12H,4,6,10,13H2,1-3H3,(H,22,28). The van der Waals surface area contributed by atoms with Crippen molar-refractivity contribution in [3.63, 3.8) is 0 Å². The van der Waals surface area contributed by atoms with E-state index in [9.17, 15) is 22.8 Å². The van der Waals surface area contributed by atoms with Gasteiger partial charge in [-0.25, -0.2) is 17.5 Å². The van der Waals surface area contributed by atoms with Gasteiger partial charge in [0.2, 0.25) is 15.9 Å². The normalized spacial score (nSPS) is 21.1. The molecule has 4 amide bonds. The van der Waals surface area contributed by atoms with E-state index < -0.39 is 33.4 Å². The monoisotopic (exact) mass is 476 g/mol. The molecule has 1 atom stereocenters. The van der Waals surface area contributed by atoms with Crippen LogP contribution in [0, 0.1) is 0 Å². The molecule has 0 radical (unpaired) electrons. The molecule has 2 aromatic rings. The van der Waals surface area contributed by atoms with Crippen molar-refractivity contribution in [3.8, 4) is 0 Å². The van der Waals surface area contributed by atoms with Crippen molar-refractivity contribution in [2.75, 3.05) is 32.1 Å². The van der Waals surface area contributed by atoms with Crippen molar-refractivity contribution in [1.29, 1.82) is 0 Å². The largest absolute Gasteiger partial charge is 0.325 e. The molecule has 1 unspecified atom stereocenters. The molecule has 1 aromatic heterocycles. The summed E-state index contributed by atoms with van der Waals surface area (Å²) < 4.78 is 26.0. The second kappa shape index (κ2) is 7.98. The van der Waals surface area contributed by atoms with E-state index in [1.54, 1.807) is 31.2 Å². The minimum Gasteiger partial charge on any atom is -0.319 e. The minimum absolute atomic E-state index is 0.163. The number of aryl methyl sites for hydroxylation is 1. The van der Waals surface area contributed by atoms with Crippen LogP contribution in [0.4, 0.5) is 10.5 Å². The van der Waals surface area contributed by atoms with Gasteiger partial charge in [0.15, 0.2) is 5.54 Å². The molecule has 2 aliphatic heterocycles. The molecule has 2 aliphatic rings. The topological polar surface area (TPSA) is 107 Å². The molecule has 170 valence electrons. The summed E-state index contributed by atoms with van der Waals surface area (Å²) in [5.74, 6) is -0.865. The lowest BCUT2D eigenvalue weighted by molar-refractivity contribution is -0.134. The summed E-state index contributed by atoms with van der Waals surface area (Å²) in [4.78, 5) is 42.0. The number of benzene rings is 1. The molecule has 1 saturated heterocycles. The first-order valence-corrected chi connectivity index (χ1v) is 12.4. The van der Waals surface area contributed by atoms with Gasteiger partial charge >= 0.3 is 6.03 Å². The highest BCUT2D eigenvalue weighted by Gasteiger charge is 2.50. The van der Waals surface area contributed by atoms with E-state index in [1.165, 1.54) is 36.4 Å². The van der Waals surface area contributed by atoms with Crippen molar-refractivity contribution >= 4 is 44.9 Å². The van der Waals surface area contributed by atoms with Crippen molar-refractivity contribution in [1.82, 2.24) is 14.5 Å². The van der Waals surface area contributed by atoms with Crippen LogP contribution in [0.1, 0.15) is 23.8 Å². The third-order valence-corrected chi connectivity index (χ3v) is 8.73. The predicted molar refractivity (Wildman–Crippen MR) is 120 cm³/mol. The number of carbonyl (C=O) groups excluding carboxylic acids is 3. The predicted octanol–water partition coefficient (Wildman–Crippen LogP) is 1.74. The highest BCUT2D eigenvalue weighted by molar-refractivity contribution is 7.89. The van der Waals surface area contributed by atoms with E-state index in [-0.39, 0.29) is 11.4 Å². The smallest absolute Gasteiger partial charge is 0.319 e. The fourth-order valence-corrected chi connectivity index (χ4v) is 5.78. The van der Waals surface area contributed by atoms with Gasteiger partial charge in [-0.2, -0.15) is 0 Å². The Morgan fingerprint density at radius 1 is 1.25 bits per heavy atom. The Labute approximate surface area is 190 Å². The maximum atomic E-state index is 13.1. The van der Waals surface area contributed by atoms with E-state index in [2.05, 4.69) is 5.32 Å². The van der Waals surface area contributed by atoms with Crippen LogP contribution in [0.5, 0.6) is 0 Å². The van der Waals surface area contributed by atoms with E-state index in [1.807, 2.05) is 5.38 Å². The van der Waals surface area contributed by atoms with Crippen molar-refractivity contribution in [2.24, 2.45) is 0 Å². The van der Waals surface area contributed by atoms with Crippen LogP contribution in [0.3, 0.4) is 0 Å². The lowest BCUT2D eigenvalue weighted by atomic mass is 10.0. The molecular formula is C21H24N4O5S2. The summed E-state index contributed by atoms with van der Waals surface area (Å²) in [6.07, 6.45) is 1.28. The average molecular weight is 477 g/mol. The molecule has 0 bridgehead atoms. The number of hydrogen-bond donors (Lipinski definition) is 1. The maximum absolute atomic E-state index is 13.1. The van der Waals surface area contributed by atoms with Crippen LogP contribution < -0.4 is 10.2 Å². The van der Waals surface area contributed by atoms with Gasteiger partial charge in [0.05, 0.1) is 4.90 Å². The van der Waals surface area contributed by atoms with Crippen LogP contribution in [0.2, 0.25) is 0 Å². The van der Waals surface area contributed by atoms with E-state index >= 15 is 0 Å². The average Bonchev–Trinajstić information content (AvgIpc) is 3.37. The van der Waals surface area contributed by atoms with Crippen LogP contribution >= 0.6 is 11.3 Å². The Morgan fingerprint density at radius 2 is 2.00 bits per heavy atom. The van der Waals surface area contributed by atoms with Crippen molar-refractivity contribution in [2.45, 2.75) is 30.2 Å². The molecule has 3 heterocycles. The Hall–Kier alpha value is -2.76. The third kappa shape index (κ3) is 3.59. The third-order valence-electron chi connectivity index (χ3n) is 5.83. The number of carbonyl (C=O) groups is 3. The number of imide groups is 1. The second-order valence-electron chi connectivity index (χ2n) is 8.15. The zero-order valence-electron chi connectivity index (χ0n) is 18.0. The molecule has 9 nitrogen and oxygen atoms in total. The van der Waals surface area contributed by atoms with E-state index in [4.69, 9.17) is 0 Å². The number of fused-ring (bicyclic) bond motifs is 1. The summed E-state index contributed by atoms with van der Waals surface area (Å²) >= 11 is 1.36. The molecule has 1 fully saturated rings. The molecule has 1 aromatic carbocycles. The van der Waals surface area contributed by atoms with Gasteiger partial charge in [0, 0.05) is 31.2 Å². The Bertz CT molecular complexity index is 1190. The second-order valence-corrected chi connectivity index (χ2v) is 11.3. The highest BCUT2D eigenvalue weighted by Crippen LogP contribution is 2.33. The fraction of sp³-hybridized carbons (Fsp3) is 0.381. The van der Waals surface area contributed by atoms with Gasteiger partial charge in [-0.3, -0.25) is 14.5 Å². The lowest BCUT2D eigenvalue weighted by Gasteiger charge is -2.31. The number of amides is 4. The highest BCUT2D eigenvalue weighted by atomic mass is 32.2. The Morgan fingerprint density at radius 3 is 2.66 bits per heavy atom. The quantitative estimate of drug-likeness (QED) is 0.662. The number of thiophene rings is 1. The van der Waals surface area contributed by atoms with Crippen LogP contribution in [0.15, 0.2) is 40.6 Å². The van der Waals surface area contributed by atoms with Crippen LogP contribution in [-0.2, 0) is 31.6 Å². The number of nitrogens with one attached hydrogen (secondary N) is 1. The van der Waals surface area contributed by atoms with Crippen molar-refractivity contribution in [3.05, 3.63) is 46.2 Å². The van der Waals surface area contributed by atoms with Gasteiger partial charge < -0.3 is 10.2 Å². The molecule has 4 rings (SSSR count). The van der Waals surface area contributed by atoms with Crippen LogP contribution in [-0.4, -0.2) is 62.7 Å². The van der Waals surface area contributed by atoms with E-state index in [0.29, 0.717) is 30.0 Å². The number of nitrogens with zero attached hydrogens (tertiary/aromatic N) is 3. The molecular weight excluding hydrogens is 452 g/mol. The first-order chi connectivity index (χ1) is 15.1. The Balaban J connectivity index is 1.57. The lowest BCUT2D eigenvalue weighted by Crippen LogP contribution is -2.45. The number of urea groups is 1. The molecule has 0 saturated carbocycles. The van der Waals surface area contributed by atoms with Gasteiger partial charge in [0.25, 0.3) is 5.91 Å². The zero-order chi connectivity index (χ0) is 23.3. The van der Waals surface area contributed by atoms with Gasteiger partial charge in [-0.1, -0.05) is 6.07 Å². The van der Waals surface area contributed by atoms with Gasteiger partial charge in [-0.05, 0) is 55.0 Å². The van der Waals surface area contributed by atoms with E-state index in [0.717, 1.165) is 14.8 Å². The molecule has 32 heavy (non-hydrogen) atoms. The van der Waals surface area contributed by atoms with Gasteiger partial charge in [-0.15, -0.1) is 11.3 Å². The number of sulfonamides is 1. The number of anilines is 1. The molecule has 0 spiro atoms. The summed E-state index contributed by atoms with van der Waals surface area (Å²) in [7, 11) is -0.661. The van der Waals surface area contributed by atoms with Crippen LogP contribution in [0.25, 0.3) is 0 Å². The number of rotatable bonds is 5. The Kier molecular flexibility index (Phi) is 5.60. The van der Waals surface area contributed by atoms with Gasteiger partial charge in [0.1, 0.15) is 6.54 Å². The first-order valence-electron chi connectivity index (χ1n) is 10.1. The minimum atomic E-state index is -3.59. The first kappa shape index (κ1) is 22.4. The van der Waals surface area contributed by atoms with Crippen molar-refractivity contribution < 1.29 is 22.8 Å². The maximum Gasteiger partial charge on any atom is 0.325 e. The molecule has 0 aliphatic carbocycles.